The van der Waals surface area contributed by atoms with Crippen LogP contribution in [-0.4, -0.2) is 17.5 Å². The summed E-state index contributed by atoms with van der Waals surface area (Å²) in [6, 6.07) is 22.1. The third kappa shape index (κ3) is 3.37. The van der Waals surface area contributed by atoms with Crippen LogP contribution >= 0.6 is 0 Å². The molecule has 3 rings (SSSR count). The zero-order valence-corrected chi connectivity index (χ0v) is 11.8. The van der Waals surface area contributed by atoms with Crippen LogP contribution in [0.2, 0.25) is 0 Å². The zero-order valence-electron chi connectivity index (χ0n) is 11.8. The van der Waals surface area contributed by atoms with E-state index >= 15 is 0 Å². The molecule has 20 heavy (non-hydrogen) atoms. The second-order valence-corrected chi connectivity index (χ2v) is 5.43. The van der Waals surface area contributed by atoms with Crippen LogP contribution in [0.1, 0.15) is 17.5 Å². The van der Waals surface area contributed by atoms with Crippen LogP contribution in [0.4, 0.5) is 0 Å². The fourth-order valence-electron chi connectivity index (χ4n) is 2.85. The van der Waals surface area contributed by atoms with Crippen molar-refractivity contribution < 1.29 is 0 Å². The van der Waals surface area contributed by atoms with E-state index in [0.29, 0.717) is 6.04 Å². The Morgan fingerprint density at radius 3 is 2.20 bits per heavy atom. The highest BCUT2D eigenvalue weighted by molar-refractivity contribution is 5.20. The van der Waals surface area contributed by atoms with Gasteiger partial charge in [-0.05, 0) is 24.0 Å². The quantitative estimate of drug-likeness (QED) is 0.752. The molecule has 1 heterocycles. The molecule has 0 spiro atoms. The third-order valence-electron chi connectivity index (χ3n) is 3.93. The van der Waals surface area contributed by atoms with Crippen LogP contribution in [0, 0.1) is 0 Å². The van der Waals surface area contributed by atoms with Crippen molar-refractivity contribution in [3.63, 3.8) is 0 Å². The molecule has 0 saturated heterocycles. The van der Waals surface area contributed by atoms with E-state index in [9.17, 15) is 0 Å². The average molecular weight is 263 g/mol. The van der Waals surface area contributed by atoms with Crippen LogP contribution in [0.25, 0.3) is 0 Å². The lowest BCUT2D eigenvalue weighted by atomic mass is 10.0. The van der Waals surface area contributed by atoms with Crippen molar-refractivity contribution in [3.8, 4) is 0 Å². The maximum atomic E-state index is 2.59. The molecule has 1 heteroatoms. The zero-order chi connectivity index (χ0) is 13.6. The lowest BCUT2D eigenvalue weighted by Crippen LogP contribution is -2.37. The number of hydrogen-bond donors (Lipinski definition) is 0. The molecule has 2 aromatic carbocycles. The molecular formula is C19H21N. The van der Waals surface area contributed by atoms with Gasteiger partial charge in [0.2, 0.25) is 0 Å². The monoisotopic (exact) mass is 263 g/mol. The molecule has 0 saturated carbocycles. The van der Waals surface area contributed by atoms with Gasteiger partial charge < -0.3 is 0 Å². The molecule has 0 aromatic heterocycles. The third-order valence-corrected chi connectivity index (χ3v) is 3.93. The molecule has 1 aliphatic heterocycles. The highest BCUT2D eigenvalue weighted by atomic mass is 15.2. The fraction of sp³-hybridized carbons (Fsp3) is 0.263. The molecule has 1 aliphatic rings. The number of nitrogens with zero attached hydrogens (tertiary/aromatic N) is 1. The topological polar surface area (TPSA) is 3.24 Å². The van der Waals surface area contributed by atoms with E-state index < -0.39 is 0 Å². The molecule has 102 valence electrons. The van der Waals surface area contributed by atoms with E-state index in [4.69, 9.17) is 0 Å². The van der Waals surface area contributed by atoms with Gasteiger partial charge in [0.15, 0.2) is 0 Å². The van der Waals surface area contributed by atoms with Crippen molar-refractivity contribution in [2.24, 2.45) is 0 Å². The minimum atomic E-state index is 0.520. The largest absolute Gasteiger partial charge is 0.292 e. The van der Waals surface area contributed by atoms with Crippen LogP contribution in [-0.2, 0) is 13.0 Å². The van der Waals surface area contributed by atoms with Crippen molar-refractivity contribution >= 4 is 0 Å². The van der Waals surface area contributed by atoms with Gasteiger partial charge in [0, 0.05) is 19.1 Å². The van der Waals surface area contributed by atoms with E-state index in [0.717, 1.165) is 25.9 Å². The van der Waals surface area contributed by atoms with E-state index in [2.05, 4.69) is 77.7 Å². The Labute approximate surface area is 121 Å². The molecule has 0 radical (unpaired) electrons. The van der Waals surface area contributed by atoms with Crippen molar-refractivity contribution in [2.75, 3.05) is 6.54 Å². The molecular weight excluding hydrogens is 242 g/mol. The summed E-state index contributed by atoms with van der Waals surface area (Å²) in [7, 11) is 0. The minimum absolute atomic E-state index is 0.520. The Morgan fingerprint density at radius 2 is 1.50 bits per heavy atom. The molecule has 0 N–H and O–H groups in total. The molecule has 0 fully saturated rings. The first-order valence-corrected chi connectivity index (χ1v) is 7.40. The molecule has 0 unspecified atom stereocenters. The summed E-state index contributed by atoms with van der Waals surface area (Å²) in [4.78, 5) is 2.59. The Balaban J connectivity index is 1.71. The van der Waals surface area contributed by atoms with Gasteiger partial charge in [-0.3, -0.25) is 4.90 Å². The van der Waals surface area contributed by atoms with Gasteiger partial charge in [-0.2, -0.15) is 0 Å². The molecule has 1 atom stereocenters. The maximum Gasteiger partial charge on any atom is 0.0322 e. The van der Waals surface area contributed by atoms with Crippen molar-refractivity contribution in [3.05, 3.63) is 83.9 Å². The summed E-state index contributed by atoms with van der Waals surface area (Å²) in [6.07, 6.45) is 6.97. The van der Waals surface area contributed by atoms with Gasteiger partial charge in [-0.15, -0.1) is 0 Å². The molecule has 0 aliphatic carbocycles. The van der Waals surface area contributed by atoms with E-state index in [1.807, 2.05) is 0 Å². The Hall–Kier alpha value is -1.86. The summed E-state index contributed by atoms with van der Waals surface area (Å²) in [6.45, 7) is 2.20. The van der Waals surface area contributed by atoms with E-state index in [1.165, 1.54) is 11.1 Å². The second-order valence-electron chi connectivity index (χ2n) is 5.43. The van der Waals surface area contributed by atoms with E-state index in [-0.39, 0.29) is 0 Å². The van der Waals surface area contributed by atoms with Gasteiger partial charge in [-0.25, -0.2) is 0 Å². The predicted octanol–water partition coefficient (Wildman–Crippen LogP) is 4.06. The molecule has 2 aromatic rings. The maximum absolute atomic E-state index is 2.59. The summed E-state index contributed by atoms with van der Waals surface area (Å²) >= 11 is 0. The summed E-state index contributed by atoms with van der Waals surface area (Å²) in [5, 5.41) is 0. The summed E-state index contributed by atoms with van der Waals surface area (Å²) < 4.78 is 0. The van der Waals surface area contributed by atoms with Crippen LogP contribution in [0.5, 0.6) is 0 Å². The van der Waals surface area contributed by atoms with Crippen molar-refractivity contribution in [1.82, 2.24) is 4.90 Å². The van der Waals surface area contributed by atoms with Crippen LogP contribution in [0.3, 0.4) is 0 Å². The van der Waals surface area contributed by atoms with Gasteiger partial charge in [0.05, 0.1) is 0 Å². The Bertz CT molecular complexity index is 544. The van der Waals surface area contributed by atoms with Gasteiger partial charge in [0.1, 0.15) is 0 Å². The first kappa shape index (κ1) is 13.1. The van der Waals surface area contributed by atoms with Gasteiger partial charge in [0.25, 0.3) is 0 Å². The van der Waals surface area contributed by atoms with Gasteiger partial charge >= 0.3 is 0 Å². The Morgan fingerprint density at radius 1 is 0.850 bits per heavy atom. The van der Waals surface area contributed by atoms with Gasteiger partial charge in [-0.1, -0.05) is 72.8 Å². The highest BCUT2D eigenvalue weighted by Gasteiger charge is 2.18. The van der Waals surface area contributed by atoms with E-state index in [1.54, 1.807) is 0 Å². The molecule has 0 amide bonds. The predicted molar refractivity (Wildman–Crippen MR) is 84.5 cm³/mol. The number of hydrogen-bond acceptors (Lipinski definition) is 1. The van der Waals surface area contributed by atoms with Crippen molar-refractivity contribution in [1.29, 1.82) is 0 Å². The van der Waals surface area contributed by atoms with Crippen LogP contribution < -0.4 is 0 Å². The van der Waals surface area contributed by atoms with Crippen molar-refractivity contribution in [2.45, 2.75) is 25.4 Å². The standard InChI is InChI=1S/C19H21N/c1-3-9-17(10-4-1)15-19-13-7-8-14-20(19)16-18-11-5-2-6-12-18/h1-7,9-13,19H,8,14-16H2/t19-/m0/s1. The highest BCUT2D eigenvalue weighted by Crippen LogP contribution is 2.18. The lowest BCUT2D eigenvalue weighted by Gasteiger charge is -2.32. The Kier molecular flexibility index (Phi) is 4.29. The molecule has 1 nitrogen and oxygen atoms in total. The first-order valence-electron chi connectivity index (χ1n) is 7.40. The first-order chi connectivity index (χ1) is 9.92. The number of benzene rings is 2. The minimum Gasteiger partial charge on any atom is -0.292 e. The lowest BCUT2D eigenvalue weighted by molar-refractivity contribution is 0.213. The van der Waals surface area contributed by atoms with Crippen LogP contribution in [0.15, 0.2) is 72.8 Å². The normalized spacial score (nSPS) is 19.1. The number of rotatable bonds is 4. The average Bonchev–Trinajstić information content (AvgIpc) is 2.51. The smallest absolute Gasteiger partial charge is 0.0322 e. The summed E-state index contributed by atoms with van der Waals surface area (Å²) in [5.41, 5.74) is 2.82. The summed E-state index contributed by atoms with van der Waals surface area (Å²) in [5.74, 6) is 0. The fourth-order valence-corrected chi connectivity index (χ4v) is 2.85. The second kappa shape index (κ2) is 6.53. The SMILES string of the molecule is C1=C[C@@H](Cc2ccccc2)N(Cc2ccccc2)CC1. The molecule has 0 bridgehead atoms.